The standard InChI is InChI=1S/C19H22N2O2S/c1-15(22)20-9-4-10-21(12-11-20)19(23)14-24-18-8-7-16-5-2-3-6-17(16)13-18/h2-3,5-8,13H,4,9-12,14H2,1H3. The van der Waals surface area contributed by atoms with Gasteiger partial charge in [-0.25, -0.2) is 0 Å². The van der Waals surface area contributed by atoms with Crippen molar-refractivity contribution in [3.05, 3.63) is 42.5 Å². The zero-order chi connectivity index (χ0) is 16.9. The second-order valence-electron chi connectivity index (χ2n) is 6.04. The van der Waals surface area contributed by atoms with E-state index in [1.54, 1.807) is 18.7 Å². The van der Waals surface area contributed by atoms with Crippen molar-refractivity contribution in [2.75, 3.05) is 31.9 Å². The van der Waals surface area contributed by atoms with E-state index in [9.17, 15) is 9.59 Å². The Hall–Kier alpha value is -2.01. The fourth-order valence-electron chi connectivity index (χ4n) is 2.98. The Labute approximate surface area is 146 Å². The second-order valence-corrected chi connectivity index (χ2v) is 7.09. The third-order valence-corrected chi connectivity index (χ3v) is 5.36. The highest BCUT2D eigenvalue weighted by atomic mass is 32.2. The summed E-state index contributed by atoms with van der Waals surface area (Å²) in [5.41, 5.74) is 0. The molecular weight excluding hydrogens is 320 g/mol. The van der Waals surface area contributed by atoms with Crippen molar-refractivity contribution in [3.63, 3.8) is 0 Å². The van der Waals surface area contributed by atoms with Gasteiger partial charge >= 0.3 is 0 Å². The van der Waals surface area contributed by atoms with E-state index in [-0.39, 0.29) is 11.8 Å². The van der Waals surface area contributed by atoms with Gasteiger partial charge in [-0.15, -0.1) is 11.8 Å². The lowest BCUT2D eigenvalue weighted by atomic mass is 10.1. The summed E-state index contributed by atoms with van der Waals surface area (Å²) < 4.78 is 0. The Balaban J connectivity index is 1.57. The number of rotatable bonds is 3. The number of hydrogen-bond acceptors (Lipinski definition) is 3. The maximum absolute atomic E-state index is 12.5. The van der Waals surface area contributed by atoms with Crippen molar-refractivity contribution in [1.82, 2.24) is 9.80 Å². The molecule has 1 aliphatic heterocycles. The second kappa shape index (κ2) is 7.71. The summed E-state index contributed by atoms with van der Waals surface area (Å²) in [6, 6.07) is 14.5. The number of amides is 2. The van der Waals surface area contributed by atoms with Crippen molar-refractivity contribution in [3.8, 4) is 0 Å². The van der Waals surface area contributed by atoms with E-state index in [4.69, 9.17) is 0 Å². The van der Waals surface area contributed by atoms with Crippen molar-refractivity contribution in [1.29, 1.82) is 0 Å². The van der Waals surface area contributed by atoms with Gasteiger partial charge in [-0.3, -0.25) is 9.59 Å². The Kier molecular flexibility index (Phi) is 5.41. The van der Waals surface area contributed by atoms with Crippen molar-refractivity contribution < 1.29 is 9.59 Å². The molecule has 4 nitrogen and oxygen atoms in total. The van der Waals surface area contributed by atoms with Gasteiger partial charge in [0.25, 0.3) is 0 Å². The lowest BCUT2D eigenvalue weighted by Crippen LogP contribution is -2.37. The summed E-state index contributed by atoms with van der Waals surface area (Å²) in [6.45, 7) is 4.35. The van der Waals surface area contributed by atoms with Crippen LogP contribution in [0, 0.1) is 0 Å². The Morgan fingerprint density at radius 1 is 0.958 bits per heavy atom. The molecule has 2 aromatic rings. The highest BCUT2D eigenvalue weighted by Crippen LogP contribution is 2.24. The first-order valence-corrected chi connectivity index (χ1v) is 9.27. The minimum absolute atomic E-state index is 0.0924. The molecule has 0 atom stereocenters. The maximum atomic E-state index is 12.5. The van der Waals surface area contributed by atoms with E-state index in [1.807, 2.05) is 21.9 Å². The first kappa shape index (κ1) is 16.8. The molecule has 2 amide bonds. The smallest absolute Gasteiger partial charge is 0.232 e. The monoisotopic (exact) mass is 342 g/mol. The highest BCUT2D eigenvalue weighted by molar-refractivity contribution is 8.00. The Bertz CT molecular complexity index is 747. The summed E-state index contributed by atoms with van der Waals surface area (Å²) >= 11 is 1.58. The van der Waals surface area contributed by atoms with Crippen molar-refractivity contribution in [2.45, 2.75) is 18.2 Å². The molecule has 0 bridgehead atoms. The molecule has 0 aliphatic carbocycles. The molecule has 3 rings (SSSR count). The zero-order valence-corrected chi connectivity index (χ0v) is 14.7. The molecule has 0 saturated carbocycles. The van der Waals surface area contributed by atoms with E-state index < -0.39 is 0 Å². The number of carbonyl (C=O) groups excluding carboxylic acids is 2. The molecule has 0 N–H and O–H groups in total. The van der Waals surface area contributed by atoms with E-state index in [2.05, 4.69) is 30.3 Å². The molecular formula is C19H22N2O2S. The number of carbonyl (C=O) groups is 2. The van der Waals surface area contributed by atoms with Crippen LogP contribution in [0.4, 0.5) is 0 Å². The molecule has 0 radical (unpaired) electrons. The average Bonchev–Trinajstić information content (AvgIpc) is 2.86. The maximum Gasteiger partial charge on any atom is 0.232 e. The van der Waals surface area contributed by atoms with E-state index in [1.165, 1.54) is 10.8 Å². The summed E-state index contributed by atoms with van der Waals surface area (Å²) in [5, 5.41) is 2.41. The third kappa shape index (κ3) is 4.09. The van der Waals surface area contributed by atoms with Crippen LogP contribution in [-0.4, -0.2) is 53.5 Å². The van der Waals surface area contributed by atoms with E-state index in [0.29, 0.717) is 18.8 Å². The minimum Gasteiger partial charge on any atom is -0.341 e. The van der Waals surface area contributed by atoms with Crippen LogP contribution in [0.1, 0.15) is 13.3 Å². The summed E-state index contributed by atoms with van der Waals surface area (Å²) in [7, 11) is 0. The molecule has 2 aromatic carbocycles. The van der Waals surface area contributed by atoms with Gasteiger partial charge < -0.3 is 9.80 Å². The average molecular weight is 342 g/mol. The largest absolute Gasteiger partial charge is 0.341 e. The quantitative estimate of drug-likeness (QED) is 0.805. The highest BCUT2D eigenvalue weighted by Gasteiger charge is 2.20. The number of nitrogens with zero attached hydrogens (tertiary/aromatic N) is 2. The summed E-state index contributed by atoms with van der Waals surface area (Å²) in [6.07, 6.45) is 0.853. The molecule has 0 unspecified atom stereocenters. The van der Waals surface area contributed by atoms with Crippen LogP contribution in [0.15, 0.2) is 47.4 Å². The zero-order valence-electron chi connectivity index (χ0n) is 13.9. The molecule has 1 fully saturated rings. The molecule has 0 aromatic heterocycles. The molecule has 24 heavy (non-hydrogen) atoms. The summed E-state index contributed by atoms with van der Waals surface area (Å²) in [4.78, 5) is 28.8. The third-order valence-electron chi connectivity index (χ3n) is 4.38. The number of fused-ring (bicyclic) bond motifs is 1. The number of thioether (sulfide) groups is 1. The van der Waals surface area contributed by atoms with Gasteiger partial charge in [-0.2, -0.15) is 0 Å². The predicted molar refractivity (Wildman–Crippen MR) is 98.1 cm³/mol. The van der Waals surface area contributed by atoms with Gasteiger partial charge in [0, 0.05) is 38.0 Å². The predicted octanol–water partition coefficient (Wildman–Crippen LogP) is 3.01. The molecule has 1 saturated heterocycles. The normalized spacial score (nSPS) is 15.4. The van der Waals surface area contributed by atoms with Crippen LogP contribution in [-0.2, 0) is 9.59 Å². The molecule has 5 heteroatoms. The van der Waals surface area contributed by atoms with Crippen LogP contribution in [0.3, 0.4) is 0 Å². The topological polar surface area (TPSA) is 40.6 Å². The molecule has 1 heterocycles. The molecule has 0 spiro atoms. The van der Waals surface area contributed by atoms with Crippen LogP contribution in [0.25, 0.3) is 10.8 Å². The fraction of sp³-hybridized carbons (Fsp3) is 0.368. The van der Waals surface area contributed by atoms with Crippen LogP contribution >= 0.6 is 11.8 Å². The van der Waals surface area contributed by atoms with Crippen LogP contribution in [0.5, 0.6) is 0 Å². The first-order chi connectivity index (χ1) is 11.6. The van der Waals surface area contributed by atoms with Crippen molar-refractivity contribution in [2.24, 2.45) is 0 Å². The van der Waals surface area contributed by atoms with E-state index in [0.717, 1.165) is 24.4 Å². The number of hydrogen-bond donors (Lipinski definition) is 0. The fourth-order valence-corrected chi connectivity index (χ4v) is 3.82. The van der Waals surface area contributed by atoms with E-state index >= 15 is 0 Å². The van der Waals surface area contributed by atoms with Crippen LogP contribution < -0.4 is 0 Å². The Morgan fingerprint density at radius 2 is 1.67 bits per heavy atom. The first-order valence-electron chi connectivity index (χ1n) is 8.28. The minimum atomic E-state index is 0.0924. The number of benzene rings is 2. The van der Waals surface area contributed by atoms with Gasteiger partial charge in [0.1, 0.15) is 0 Å². The molecule has 126 valence electrons. The van der Waals surface area contributed by atoms with Crippen LogP contribution in [0.2, 0.25) is 0 Å². The van der Waals surface area contributed by atoms with Gasteiger partial charge in [-0.1, -0.05) is 30.3 Å². The van der Waals surface area contributed by atoms with Gasteiger partial charge in [0.15, 0.2) is 0 Å². The van der Waals surface area contributed by atoms with Gasteiger partial charge in [0.05, 0.1) is 5.75 Å². The van der Waals surface area contributed by atoms with Crippen molar-refractivity contribution >= 4 is 34.3 Å². The lowest BCUT2D eigenvalue weighted by molar-refractivity contribution is -0.130. The Morgan fingerprint density at radius 3 is 2.46 bits per heavy atom. The van der Waals surface area contributed by atoms with Gasteiger partial charge in [-0.05, 0) is 29.3 Å². The molecule has 1 aliphatic rings. The summed E-state index contributed by atoms with van der Waals surface area (Å²) in [5.74, 6) is 0.687. The van der Waals surface area contributed by atoms with Gasteiger partial charge in [0.2, 0.25) is 11.8 Å². The SMILES string of the molecule is CC(=O)N1CCCN(C(=O)CSc2ccc3ccccc3c2)CC1. The lowest BCUT2D eigenvalue weighted by Gasteiger charge is -2.21.